The monoisotopic (exact) mass is 430 g/mol. The maximum Gasteiger partial charge on any atom is 0.251 e. The van der Waals surface area contributed by atoms with E-state index in [0.29, 0.717) is 23.1 Å². The molecule has 10 nitrogen and oxygen atoms in total. The Bertz CT molecular complexity index is 938. The van der Waals surface area contributed by atoms with Gasteiger partial charge in [0.1, 0.15) is 5.82 Å². The van der Waals surface area contributed by atoms with E-state index in [1.54, 1.807) is 12.3 Å². The van der Waals surface area contributed by atoms with Crippen molar-refractivity contribution in [3.05, 3.63) is 41.6 Å². The number of nitrogens with zero attached hydrogens (tertiary/aromatic N) is 2. The number of aromatic nitrogens is 1. The van der Waals surface area contributed by atoms with Gasteiger partial charge in [-0.15, -0.1) is 0 Å². The number of pyridine rings is 1. The zero-order chi connectivity index (χ0) is 23.0. The van der Waals surface area contributed by atoms with Gasteiger partial charge in [0.15, 0.2) is 11.5 Å². The lowest BCUT2D eigenvalue weighted by Gasteiger charge is -2.17. The maximum absolute atomic E-state index is 12.5. The maximum atomic E-state index is 12.5. The van der Waals surface area contributed by atoms with Crippen molar-refractivity contribution in [1.29, 1.82) is 0 Å². The molecule has 0 bridgehead atoms. The Morgan fingerprint density at radius 1 is 1.03 bits per heavy atom. The molecule has 0 atom stereocenters. The molecule has 2 aromatic rings. The Morgan fingerprint density at radius 2 is 1.68 bits per heavy atom. The van der Waals surface area contributed by atoms with Gasteiger partial charge < -0.3 is 29.7 Å². The van der Waals surface area contributed by atoms with Gasteiger partial charge in [0, 0.05) is 18.8 Å². The first-order valence-electron chi connectivity index (χ1n) is 9.33. The highest BCUT2D eigenvalue weighted by molar-refractivity contribution is 5.98. The minimum atomic E-state index is -0.505. The lowest BCUT2D eigenvalue weighted by molar-refractivity contribution is -0.132. The number of ether oxygens (including phenoxy) is 3. The summed E-state index contributed by atoms with van der Waals surface area (Å²) < 4.78 is 15.7. The van der Waals surface area contributed by atoms with Crippen LogP contribution in [0.15, 0.2) is 30.5 Å². The molecule has 10 heteroatoms. The molecule has 0 saturated carbocycles. The van der Waals surface area contributed by atoms with E-state index in [2.05, 4.69) is 15.6 Å². The number of hydrogen-bond donors (Lipinski definition) is 2. The van der Waals surface area contributed by atoms with Gasteiger partial charge in [0.2, 0.25) is 17.6 Å². The van der Waals surface area contributed by atoms with Crippen LogP contribution in [0.4, 0.5) is 5.82 Å². The minimum Gasteiger partial charge on any atom is -0.493 e. The first-order valence-corrected chi connectivity index (χ1v) is 9.33. The highest BCUT2D eigenvalue weighted by Gasteiger charge is 2.19. The summed E-state index contributed by atoms with van der Waals surface area (Å²) in [4.78, 5) is 42.2. The highest BCUT2D eigenvalue weighted by atomic mass is 16.5. The second-order valence-electron chi connectivity index (χ2n) is 6.61. The molecule has 2 N–H and O–H groups in total. The predicted octanol–water partition coefficient (Wildman–Crippen LogP) is 1.24. The molecule has 0 unspecified atom stereocenters. The molecule has 0 radical (unpaired) electrons. The summed E-state index contributed by atoms with van der Waals surface area (Å²) in [6.45, 7) is 1.40. The Balaban J connectivity index is 1.94. The van der Waals surface area contributed by atoms with Gasteiger partial charge in [-0.3, -0.25) is 14.4 Å². The van der Waals surface area contributed by atoms with E-state index in [0.717, 1.165) is 5.56 Å². The van der Waals surface area contributed by atoms with Gasteiger partial charge in [-0.25, -0.2) is 4.98 Å². The summed E-state index contributed by atoms with van der Waals surface area (Å²) in [6, 6.07) is 6.49. The van der Waals surface area contributed by atoms with E-state index in [1.165, 1.54) is 45.4 Å². The average molecular weight is 430 g/mol. The Kier molecular flexibility index (Phi) is 8.18. The highest BCUT2D eigenvalue weighted by Crippen LogP contribution is 2.38. The van der Waals surface area contributed by atoms with Crippen molar-refractivity contribution in [2.24, 2.45) is 0 Å². The Hall–Kier alpha value is -3.82. The summed E-state index contributed by atoms with van der Waals surface area (Å²) in [5, 5.41) is 5.15. The molecule has 0 fully saturated rings. The van der Waals surface area contributed by atoms with E-state index in [9.17, 15) is 14.4 Å². The first kappa shape index (κ1) is 23.5. The third-order valence-electron chi connectivity index (χ3n) is 4.32. The fourth-order valence-corrected chi connectivity index (χ4v) is 2.70. The third kappa shape index (κ3) is 6.33. The topological polar surface area (TPSA) is 119 Å². The summed E-state index contributed by atoms with van der Waals surface area (Å²) in [5.74, 6) is 0.0502. The van der Waals surface area contributed by atoms with E-state index < -0.39 is 17.7 Å². The zero-order valence-corrected chi connectivity index (χ0v) is 18.1. The van der Waals surface area contributed by atoms with E-state index in [4.69, 9.17) is 14.2 Å². The van der Waals surface area contributed by atoms with Crippen molar-refractivity contribution >= 4 is 23.5 Å². The molecular formula is C21H26N4O6. The number of rotatable bonds is 9. The van der Waals surface area contributed by atoms with Crippen molar-refractivity contribution in [2.75, 3.05) is 46.8 Å². The third-order valence-corrected chi connectivity index (χ3v) is 4.32. The molecular weight excluding hydrogens is 404 g/mol. The number of carbonyl (C=O) groups excluding carboxylic acids is 3. The largest absolute Gasteiger partial charge is 0.493 e. The van der Waals surface area contributed by atoms with Crippen LogP contribution in [0.3, 0.4) is 0 Å². The van der Waals surface area contributed by atoms with E-state index in [1.807, 2.05) is 13.0 Å². The molecule has 166 valence electrons. The number of carbonyl (C=O) groups is 3. The molecule has 2 rings (SSSR count). The second kappa shape index (κ2) is 10.8. The summed E-state index contributed by atoms with van der Waals surface area (Å²) in [7, 11) is 5.81. The van der Waals surface area contributed by atoms with Gasteiger partial charge in [0.25, 0.3) is 5.91 Å². The predicted molar refractivity (Wildman–Crippen MR) is 114 cm³/mol. The molecule has 1 heterocycles. The number of benzene rings is 1. The van der Waals surface area contributed by atoms with Crippen LogP contribution in [0, 0.1) is 6.92 Å². The molecule has 0 saturated heterocycles. The van der Waals surface area contributed by atoms with Crippen LogP contribution >= 0.6 is 0 Å². The molecule has 3 amide bonds. The van der Waals surface area contributed by atoms with Crippen molar-refractivity contribution in [3.63, 3.8) is 0 Å². The van der Waals surface area contributed by atoms with Crippen molar-refractivity contribution < 1.29 is 28.6 Å². The van der Waals surface area contributed by atoms with Gasteiger partial charge in [-0.1, -0.05) is 0 Å². The molecule has 0 aliphatic carbocycles. The smallest absolute Gasteiger partial charge is 0.251 e. The normalized spacial score (nSPS) is 10.1. The quantitative estimate of drug-likeness (QED) is 0.614. The average Bonchev–Trinajstić information content (AvgIpc) is 2.75. The number of hydrogen-bond acceptors (Lipinski definition) is 7. The molecule has 1 aromatic carbocycles. The number of nitrogens with one attached hydrogen (secondary N) is 2. The SMILES string of the molecule is COc1cc(C(=O)NCC(=O)N(C)CC(=O)Nc2cc(C)ccn2)cc(OC)c1OC. The van der Waals surface area contributed by atoms with Crippen LogP contribution in [-0.2, 0) is 9.59 Å². The van der Waals surface area contributed by atoms with Crippen LogP contribution < -0.4 is 24.8 Å². The number of amides is 3. The zero-order valence-electron chi connectivity index (χ0n) is 18.1. The van der Waals surface area contributed by atoms with Crippen LogP contribution in [-0.4, -0.2) is 69.1 Å². The first-order chi connectivity index (χ1) is 14.8. The Morgan fingerprint density at radius 3 is 2.23 bits per heavy atom. The molecule has 0 aliphatic heterocycles. The summed E-state index contributed by atoms with van der Waals surface area (Å²) in [5.41, 5.74) is 1.18. The van der Waals surface area contributed by atoms with Crippen LogP contribution in [0.1, 0.15) is 15.9 Å². The van der Waals surface area contributed by atoms with Crippen molar-refractivity contribution in [1.82, 2.24) is 15.2 Å². The van der Waals surface area contributed by atoms with Gasteiger partial charge in [-0.05, 0) is 36.8 Å². The minimum absolute atomic E-state index is 0.186. The Labute approximate surface area is 180 Å². The molecule has 31 heavy (non-hydrogen) atoms. The van der Waals surface area contributed by atoms with Gasteiger partial charge in [0.05, 0.1) is 34.4 Å². The summed E-state index contributed by atoms with van der Waals surface area (Å²) >= 11 is 0. The number of likely N-dealkylation sites (N-methyl/N-ethyl adjacent to an activating group) is 1. The summed E-state index contributed by atoms with van der Waals surface area (Å²) in [6.07, 6.45) is 1.58. The lowest BCUT2D eigenvalue weighted by Crippen LogP contribution is -2.41. The molecule has 0 spiro atoms. The fourth-order valence-electron chi connectivity index (χ4n) is 2.70. The standard InChI is InChI=1S/C21H26N4O6/c1-13-6-7-22-17(8-13)24-18(26)12-25(2)19(27)11-23-21(28)14-9-15(29-3)20(31-5)16(10-14)30-4/h6-10H,11-12H2,1-5H3,(H,23,28)(H,22,24,26). The van der Waals surface area contributed by atoms with E-state index in [-0.39, 0.29) is 18.7 Å². The van der Waals surface area contributed by atoms with Gasteiger partial charge >= 0.3 is 0 Å². The van der Waals surface area contributed by atoms with Crippen molar-refractivity contribution in [2.45, 2.75) is 6.92 Å². The number of aryl methyl sites for hydroxylation is 1. The lowest BCUT2D eigenvalue weighted by atomic mass is 10.1. The van der Waals surface area contributed by atoms with E-state index >= 15 is 0 Å². The molecule has 1 aromatic heterocycles. The second-order valence-corrected chi connectivity index (χ2v) is 6.61. The van der Waals surface area contributed by atoms with Crippen LogP contribution in [0.5, 0.6) is 17.2 Å². The van der Waals surface area contributed by atoms with Crippen molar-refractivity contribution in [3.8, 4) is 17.2 Å². The molecule has 0 aliphatic rings. The van der Waals surface area contributed by atoms with Crippen LogP contribution in [0.25, 0.3) is 0 Å². The number of methoxy groups -OCH3 is 3. The fraction of sp³-hybridized carbons (Fsp3) is 0.333. The van der Waals surface area contributed by atoms with Crippen LogP contribution in [0.2, 0.25) is 0 Å². The number of anilines is 1. The van der Waals surface area contributed by atoms with Gasteiger partial charge in [-0.2, -0.15) is 0 Å².